The Hall–Kier alpha value is 0.869. The first-order valence-corrected chi connectivity index (χ1v) is 14.7. The molecule has 0 bridgehead atoms. The number of unbranched alkanes of at least 4 members (excludes halogenated alkanes) is 15. The van der Waals surface area contributed by atoms with E-state index in [9.17, 15) is 0 Å². The van der Waals surface area contributed by atoms with Crippen LogP contribution >= 0.6 is 7.41 Å². The standard InChI is InChI=1S/C24H53NP.Fe.H2O/c1-4-7-10-13-16-19-22-26(25,23-20-17-14-11-8-5-2)24-21-18-15-12-9-6-3;;/h4-25H2,1-3H3;;1H2/q+1;;. The Balaban J connectivity index is -0.00000312. The molecule has 4 N–H and O–H groups in total. The summed E-state index contributed by atoms with van der Waals surface area (Å²) in [6.45, 7) is 6.91. The third-order valence-corrected chi connectivity index (χ3v) is 9.49. The Morgan fingerprint density at radius 3 is 0.893 bits per heavy atom. The molecule has 0 spiro atoms. The second kappa shape index (κ2) is 25.9. The molecular formula is C24H55FeNOP+. The molecule has 0 unspecified atom stereocenters. The second-order valence-electron chi connectivity index (χ2n) is 8.69. The molecule has 0 aromatic rings. The van der Waals surface area contributed by atoms with E-state index in [2.05, 4.69) is 20.8 Å². The Labute approximate surface area is 190 Å². The van der Waals surface area contributed by atoms with E-state index in [4.69, 9.17) is 5.50 Å². The molecule has 28 heavy (non-hydrogen) atoms. The van der Waals surface area contributed by atoms with E-state index in [1.165, 1.54) is 134 Å². The van der Waals surface area contributed by atoms with Crippen LogP contribution in [0.4, 0.5) is 0 Å². The van der Waals surface area contributed by atoms with Crippen molar-refractivity contribution in [3.8, 4) is 0 Å². The summed E-state index contributed by atoms with van der Waals surface area (Å²) in [4.78, 5) is 0. The molecule has 0 saturated carbocycles. The van der Waals surface area contributed by atoms with Crippen LogP contribution in [0.2, 0.25) is 0 Å². The van der Waals surface area contributed by atoms with Gasteiger partial charge in [0.15, 0.2) is 0 Å². The largest absolute Gasteiger partial charge is 0.412 e. The Bertz CT molecular complexity index is 239. The van der Waals surface area contributed by atoms with Crippen LogP contribution in [0.25, 0.3) is 0 Å². The fourth-order valence-corrected chi connectivity index (χ4v) is 7.19. The maximum atomic E-state index is 7.03. The molecule has 174 valence electrons. The fourth-order valence-electron chi connectivity index (χ4n) is 3.96. The topological polar surface area (TPSA) is 57.5 Å². The van der Waals surface area contributed by atoms with Crippen molar-refractivity contribution in [1.29, 1.82) is 0 Å². The minimum absolute atomic E-state index is 0. The number of hydrogen-bond acceptors (Lipinski definition) is 1. The zero-order valence-corrected chi connectivity index (χ0v) is 21.7. The van der Waals surface area contributed by atoms with Crippen LogP contribution in [-0.4, -0.2) is 24.0 Å². The van der Waals surface area contributed by atoms with Gasteiger partial charge in [0.1, 0.15) is 0 Å². The van der Waals surface area contributed by atoms with E-state index in [0.29, 0.717) is 0 Å². The van der Waals surface area contributed by atoms with Crippen molar-refractivity contribution in [3.63, 3.8) is 0 Å². The molecule has 0 aromatic heterocycles. The molecule has 4 heteroatoms. The molecule has 0 aliphatic carbocycles. The first-order valence-electron chi connectivity index (χ1n) is 12.3. The average Bonchev–Trinajstić information content (AvgIpc) is 2.64. The van der Waals surface area contributed by atoms with Gasteiger partial charge in [-0.15, -0.1) is 0 Å². The van der Waals surface area contributed by atoms with E-state index < -0.39 is 7.41 Å². The van der Waals surface area contributed by atoms with Gasteiger partial charge in [0.2, 0.25) is 0 Å². The van der Waals surface area contributed by atoms with E-state index >= 15 is 0 Å². The van der Waals surface area contributed by atoms with Crippen LogP contribution in [0.15, 0.2) is 0 Å². The van der Waals surface area contributed by atoms with Crippen molar-refractivity contribution in [1.82, 2.24) is 0 Å². The molecular weight excluding hydrogens is 405 g/mol. The molecule has 0 radical (unpaired) electrons. The van der Waals surface area contributed by atoms with Gasteiger partial charge < -0.3 is 5.48 Å². The number of nitrogens with two attached hydrogens (primary N) is 1. The normalized spacial score (nSPS) is 11.1. The van der Waals surface area contributed by atoms with Crippen molar-refractivity contribution in [2.75, 3.05) is 18.5 Å². The molecule has 0 atom stereocenters. The molecule has 0 aliphatic rings. The minimum Gasteiger partial charge on any atom is -0.412 e. The average molecular weight is 461 g/mol. The number of rotatable bonds is 21. The maximum Gasteiger partial charge on any atom is 0.0770 e. The zero-order chi connectivity index (χ0) is 19.3. The molecule has 0 rings (SSSR count). The SMILES string of the molecule is CCCCCCCC[P+](N)(CCCCCCCC)CCCCCCCC.O.[Fe]. The summed E-state index contributed by atoms with van der Waals surface area (Å²) >= 11 is 0. The van der Waals surface area contributed by atoms with Crippen LogP contribution in [-0.2, 0) is 17.1 Å². The molecule has 2 nitrogen and oxygen atoms in total. The van der Waals surface area contributed by atoms with Gasteiger partial charge in [0.25, 0.3) is 0 Å². The summed E-state index contributed by atoms with van der Waals surface area (Å²) in [5, 5.41) is 0. The van der Waals surface area contributed by atoms with Crippen molar-refractivity contribution in [3.05, 3.63) is 0 Å². The second-order valence-corrected chi connectivity index (χ2v) is 12.5. The van der Waals surface area contributed by atoms with Crippen LogP contribution in [0.5, 0.6) is 0 Å². The molecule has 0 heterocycles. The van der Waals surface area contributed by atoms with Crippen molar-refractivity contribution in [2.24, 2.45) is 5.50 Å². The predicted octanol–water partition coefficient (Wildman–Crippen LogP) is 8.13. The van der Waals surface area contributed by atoms with E-state index in [1.54, 1.807) is 0 Å². The molecule has 0 aromatic carbocycles. The van der Waals surface area contributed by atoms with Crippen molar-refractivity contribution >= 4 is 7.41 Å². The van der Waals surface area contributed by atoms with Crippen LogP contribution in [0.1, 0.15) is 136 Å². The number of hydrogen-bond donors (Lipinski definition) is 1. The Kier molecular flexibility index (Phi) is 31.0. The molecule has 0 fully saturated rings. The van der Waals surface area contributed by atoms with Gasteiger partial charge in [0, 0.05) is 17.1 Å². The third-order valence-electron chi connectivity index (χ3n) is 5.87. The quantitative estimate of drug-likeness (QED) is 0.105. The Morgan fingerprint density at radius 2 is 0.643 bits per heavy atom. The van der Waals surface area contributed by atoms with Gasteiger partial charge in [-0.3, -0.25) is 0 Å². The van der Waals surface area contributed by atoms with Crippen molar-refractivity contribution in [2.45, 2.75) is 136 Å². The fraction of sp³-hybridized carbons (Fsp3) is 1.00. The van der Waals surface area contributed by atoms with Gasteiger partial charge >= 0.3 is 0 Å². The summed E-state index contributed by atoms with van der Waals surface area (Å²) in [6.07, 6.45) is 29.5. The van der Waals surface area contributed by atoms with Gasteiger partial charge in [-0.1, -0.05) is 97.8 Å². The van der Waals surface area contributed by atoms with Gasteiger partial charge in [-0.2, -0.15) is 0 Å². The van der Waals surface area contributed by atoms with Crippen LogP contribution in [0.3, 0.4) is 0 Å². The van der Waals surface area contributed by atoms with E-state index in [1.807, 2.05) is 0 Å². The summed E-state index contributed by atoms with van der Waals surface area (Å²) in [5.74, 6) is 0. The summed E-state index contributed by atoms with van der Waals surface area (Å²) in [5.41, 5.74) is 7.03. The maximum absolute atomic E-state index is 7.03. The summed E-state index contributed by atoms with van der Waals surface area (Å²) < 4.78 is 0. The zero-order valence-electron chi connectivity index (χ0n) is 19.7. The van der Waals surface area contributed by atoms with Crippen LogP contribution < -0.4 is 5.50 Å². The first-order chi connectivity index (χ1) is 12.7. The molecule has 0 aliphatic heterocycles. The Morgan fingerprint density at radius 1 is 0.429 bits per heavy atom. The van der Waals surface area contributed by atoms with E-state index in [0.717, 1.165) is 0 Å². The third kappa shape index (κ3) is 23.2. The molecule has 0 saturated heterocycles. The smallest absolute Gasteiger partial charge is 0.0770 e. The monoisotopic (exact) mass is 460 g/mol. The summed E-state index contributed by atoms with van der Waals surface area (Å²) in [6, 6.07) is 0. The molecule has 0 amide bonds. The van der Waals surface area contributed by atoms with Gasteiger partial charge in [-0.25, -0.2) is 5.50 Å². The van der Waals surface area contributed by atoms with Gasteiger partial charge in [0.05, 0.1) is 25.9 Å². The predicted molar refractivity (Wildman–Crippen MR) is 129 cm³/mol. The summed E-state index contributed by atoms with van der Waals surface area (Å²) in [7, 11) is -1.14. The van der Waals surface area contributed by atoms with Crippen LogP contribution in [0, 0.1) is 0 Å². The minimum atomic E-state index is -1.14. The van der Waals surface area contributed by atoms with Crippen molar-refractivity contribution < 1.29 is 22.5 Å². The van der Waals surface area contributed by atoms with E-state index in [-0.39, 0.29) is 22.5 Å². The first kappa shape index (κ1) is 33.5. The van der Waals surface area contributed by atoms with Gasteiger partial charge in [-0.05, 0) is 38.5 Å².